The molecule has 0 saturated heterocycles. The van der Waals surface area contributed by atoms with Crippen molar-refractivity contribution in [3.8, 4) is 0 Å². The topological polar surface area (TPSA) is 124 Å². The molecule has 0 bridgehead atoms. The second kappa shape index (κ2) is 7.01. The van der Waals surface area contributed by atoms with Crippen molar-refractivity contribution in [1.29, 1.82) is 0 Å². The van der Waals surface area contributed by atoms with Crippen LogP contribution in [0, 0.1) is 0 Å². The maximum absolute atomic E-state index is 12.1. The predicted octanol–water partition coefficient (Wildman–Crippen LogP) is 3.79. The summed E-state index contributed by atoms with van der Waals surface area (Å²) in [4.78, 5) is 14.2. The third-order valence-electron chi connectivity index (χ3n) is 2.64. The number of amides is 2. The molecular formula is C13H10ClN5O3S. The second-order valence-electron chi connectivity index (χ2n) is 4.25. The average molecular weight is 352 g/mol. The first-order valence-corrected chi connectivity index (χ1v) is 8.01. The normalized spacial score (nSPS) is 10.5. The molecule has 0 spiro atoms. The van der Waals surface area contributed by atoms with Crippen LogP contribution in [-0.2, 0) is 10.0 Å². The van der Waals surface area contributed by atoms with Crippen molar-refractivity contribution >= 4 is 39.0 Å². The monoisotopic (exact) mass is 351 g/mol. The summed E-state index contributed by atoms with van der Waals surface area (Å²) < 4.78 is 26.0. The molecule has 2 aromatic rings. The second-order valence-corrected chi connectivity index (χ2v) is 6.37. The fraction of sp³-hybridized carbons (Fsp3) is 0. The highest BCUT2D eigenvalue weighted by Crippen LogP contribution is 2.17. The van der Waals surface area contributed by atoms with Gasteiger partial charge in [0.25, 0.3) is 10.0 Å². The van der Waals surface area contributed by atoms with Crippen molar-refractivity contribution in [2.75, 3.05) is 5.32 Å². The highest BCUT2D eigenvalue weighted by molar-refractivity contribution is 7.90. The Balaban J connectivity index is 2.09. The van der Waals surface area contributed by atoms with Crippen molar-refractivity contribution in [2.45, 2.75) is 4.90 Å². The quantitative estimate of drug-likeness (QED) is 0.494. The Morgan fingerprint density at radius 1 is 1.09 bits per heavy atom. The van der Waals surface area contributed by atoms with Gasteiger partial charge in [-0.2, -0.15) is 0 Å². The molecule has 0 aliphatic carbocycles. The zero-order chi connectivity index (χ0) is 16.9. The molecule has 2 amide bonds. The Labute approximate surface area is 136 Å². The number of anilines is 1. The first-order chi connectivity index (χ1) is 10.9. The van der Waals surface area contributed by atoms with Gasteiger partial charge in [0.15, 0.2) is 0 Å². The number of urea groups is 1. The van der Waals surface area contributed by atoms with Crippen molar-refractivity contribution in [1.82, 2.24) is 4.72 Å². The largest absolute Gasteiger partial charge is 0.333 e. The summed E-state index contributed by atoms with van der Waals surface area (Å²) in [5.41, 5.74) is 8.94. The highest BCUT2D eigenvalue weighted by Gasteiger charge is 2.17. The average Bonchev–Trinajstić information content (AvgIpc) is 2.50. The van der Waals surface area contributed by atoms with Gasteiger partial charge in [-0.1, -0.05) is 28.8 Å². The van der Waals surface area contributed by atoms with Gasteiger partial charge < -0.3 is 5.32 Å². The number of rotatable bonds is 4. The van der Waals surface area contributed by atoms with E-state index in [0.29, 0.717) is 10.7 Å². The van der Waals surface area contributed by atoms with Gasteiger partial charge in [0.2, 0.25) is 0 Å². The number of hydrogen-bond acceptors (Lipinski definition) is 4. The van der Waals surface area contributed by atoms with Crippen LogP contribution < -0.4 is 10.0 Å². The minimum absolute atomic E-state index is 0.138. The number of nitrogens with zero attached hydrogens (tertiary/aromatic N) is 3. The fourth-order valence-corrected chi connectivity index (χ4v) is 2.65. The first-order valence-electron chi connectivity index (χ1n) is 6.15. The van der Waals surface area contributed by atoms with E-state index in [9.17, 15) is 13.2 Å². The smallest absolute Gasteiger partial charge is 0.307 e. The van der Waals surface area contributed by atoms with Crippen molar-refractivity contribution in [2.24, 2.45) is 5.11 Å². The predicted molar refractivity (Wildman–Crippen MR) is 86.0 cm³/mol. The van der Waals surface area contributed by atoms with Crippen LogP contribution in [0.1, 0.15) is 0 Å². The van der Waals surface area contributed by atoms with Crippen LogP contribution in [0.25, 0.3) is 10.4 Å². The Hall–Kier alpha value is -2.74. The molecule has 118 valence electrons. The number of carbonyl (C=O) groups is 1. The van der Waals surface area contributed by atoms with Gasteiger partial charge in [-0.05, 0) is 41.9 Å². The van der Waals surface area contributed by atoms with E-state index in [0.717, 1.165) is 0 Å². The molecule has 2 rings (SSSR count). The molecule has 0 aromatic heterocycles. The Bertz CT molecular complexity index is 859. The van der Waals surface area contributed by atoms with Crippen LogP contribution in [-0.4, -0.2) is 14.4 Å². The van der Waals surface area contributed by atoms with Gasteiger partial charge in [-0.25, -0.2) is 17.9 Å². The van der Waals surface area contributed by atoms with Gasteiger partial charge in [-0.15, -0.1) is 0 Å². The van der Waals surface area contributed by atoms with Crippen LogP contribution in [0.5, 0.6) is 0 Å². The number of azide groups is 1. The number of hydrogen-bond donors (Lipinski definition) is 2. The lowest BCUT2D eigenvalue weighted by atomic mass is 10.3. The van der Waals surface area contributed by atoms with Crippen LogP contribution in [0.4, 0.5) is 16.2 Å². The van der Waals surface area contributed by atoms with E-state index >= 15 is 0 Å². The van der Waals surface area contributed by atoms with E-state index in [-0.39, 0.29) is 10.6 Å². The van der Waals surface area contributed by atoms with Crippen LogP contribution in [0.3, 0.4) is 0 Å². The summed E-state index contributed by atoms with van der Waals surface area (Å²) in [6.45, 7) is 0. The summed E-state index contributed by atoms with van der Waals surface area (Å²) in [5.74, 6) is 0. The summed E-state index contributed by atoms with van der Waals surface area (Å²) in [6, 6.07) is 10.4. The SMILES string of the molecule is [N-]=[N+]=Nc1ccc(S(=O)(=O)NC(=O)Nc2ccc(Cl)cc2)cc1. The maximum atomic E-state index is 12.1. The number of halogens is 1. The molecule has 0 saturated carbocycles. The summed E-state index contributed by atoms with van der Waals surface area (Å²) in [7, 11) is -4.04. The third-order valence-corrected chi connectivity index (χ3v) is 4.24. The van der Waals surface area contributed by atoms with E-state index in [1.807, 2.05) is 4.72 Å². The van der Waals surface area contributed by atoms with E-state index in [4.69, 9.17) is 17.1 Å². The molecule has 0 unspecified atom stereocenters. The molecule has 0 heterocycles. The summed E-state index contributed by atoms with van der Waals surface area (Å²) >= 11 is 5.72. The molecular weight excluding hydrogens is 342 g/mol. The van der Waals surface area contributed by atoms with Gasteiger partial charge in [0, 0.05) is 21.3 Å². The Morgan fingerprint density at radius 2 is 1.70 bits per heavy atom. The Morgan fingerprint density at radius 3 is 2.26 bits per heavy atom. The minimum atomic E-state index is -4.04. The van der Waals surface area contributed by atoms with Crippen LogP contribution in [0.2, 0.25) is 5.02 Å². The summed E-state index contributed by atoms with van der Waals surface area (Å²) in [6.07, 6.45) is 0. The molecule has 0 aliphatic heterocycles. The fourth-order valence-electron chi connectivity index (χ4n) is 1.61. The molecule has 0 radical (unpaired) electrons. The standard InChI is InChI=1S/C13H10ClN5O3S/c14-9-1-3-10(4-2-9)16-13(20)18-23(21,22)12-7-5-11(6-8-12)17-19-15/h1-8H,(H2,16,18,20). The zero-order valence-electron chi connectivity index (χ0n) is 11.5. The molecule has 23 heavy (non-hydrogen) atoms. The van der Waals surface area contributed by atoms with Crippen molar-refractivity contribution in [3.63, 3.8) is 0 Å². The van der Waals surface area contributed by atoms with Crippen LogP contribution in [0.15, 0.2) is 58.5 Å². The molecule has 2 aromatic carbocycles. The molecule has 8 nitrogen and oxygen atoms in total. The first kappa shape index (κ1) is 16.6. The van der Waals surface area contributed by atoms with Gasteiger partial charge in [-0.3, -0.25) is 0 Å². The number of nitrogens with one attached hydrogen (secondary N) is 2. The lowest BCUT2D eigenvalue weighted by molar-refractivity contribution is 0.256. The number of sulfonamides is 1. The lowest BCUT2D eigenvalue weighted by Gasteiger charge is -2.09. The van der Waals surface area contributed by atoms with Gasteiger partial charge in [0.1, 0.15) is 0 Å². The lowest BCUT2D eigenvalue weighted by Crippen LogP contribution is -2.34. The molecule has 10 heteroatoms. The molecule has 0 aliphatic rings. The van der Waals surface area contributed by atoms with Gasteiger partial charge in [0.05, 0.1) is 4.90 Å². The maximum Gasteiger partial charge on any atom is 0.333 e. The highest BCUT2D eigenvalue weighted by atomic mass is 35.5. The molecule has 0 atom stereocenters. The minimum Gasteiger partial charge on any atom is -0.307 e. The molecule has 2 N–H and O–H groups in total. The zero-order valence-corrected chi connectivity index (χ0v) is 13.0. The van der Waals surface area contributed by atoms with Crippen molar-refractivity contribution < 1.29 is 13.2 Å². The number of benzene rings is 2. The Kier molecular flexibility index (Phi) is 5.07. The van der Waals surface area contributed by atoms with E-state index in [2.05, 4.69) is 15.3 Å². The van der Waals surface area contributed by atoms with Crippen molar-refractivity contribution in [3.05, 3.63) is 64.0 Å². The van der Waals surface area contributed by atoms with Gasteiger partial charge >= 0.3 is 6.03 Å². The van der Waals surface area contributed by atoms with E-state index in [1.54, 1.807) is 12.1 Å². The van der Waals surface area contributed by atoms with E-state index in [1.165, 1.54) is 36.4 Å². The number of carbonyl (C=O) groups excluding carboxylic acids is 1. The third kappa shape index (κ3) is 4.62. The van der Waals surface area contributed by atoms with E-state index < -0.39 is 16.1 Å². The van der Waals surface area contributed by atoms with Crippen LogP contribution >= 0.6 is 11.6 Å². The summed E-state index contributed by atoms with van der Waals surface area (Å²) in [5, 5.41) is 6.19. The molecule has 0 fully saturated rings.